The van der Waals surface area contributed by atoms with Gasteiger partial charge in [-0.1, -0.05) is 11.6 Å². The SMILES string of the molecule is Cn1c(=O)oc2cc(S(=O)Nc3ccc(Cl)c(F)c3)ccc21. The third-order valence-electron chi connectivity index (χ3n) is 3.11. The lowest BCUT2D eigenvalue weighted by molar-refractivity contribution is 0.527. The van der Waals surface area contributed by atoms with Crippen molar-refractivity contribution in [1.82, 2.24) is 4.57 Å². The molecule has 0 amide bonds. The van der Waals surface area contributed by atoms with E-state index < -0.39 is 22.6 Å². The summed E-state index contributed by atoms with van der Waals surface area (Å²) in [6.07, 6.45) is 0. The van der Waals surface area contributed by atoms with Gasteiger partial charge in [0.05, 0.1) is 15.4 Å². The molecule has 1 aromatic heterocycles. The maximum Gasteiger partial charge on any atom is 0.419 e. The molecule has 114 valence electrons. The molecule has 0 aliphatic heterocycles. The number of oxazole rings is 1. The van der Waals surface area contributed by atoms with E-state index in [4.69, 9.17) is 16.0 Å². The minimum absolute atomic E-state index is 0.0104. The molecule has 3 aromatic rings. The van der Waals surface area contributed by atoms with Gasteiger partial charge in [0.15, 0.2) is 5.58 Å². The second kappa shape index (κ2) is 5.58. The maximum atomic E-state index is 13.4. The molecule has 0 aliphatic rings. The Morgan fingerprint density at radius 1 is 1.27 bits per heavy atom. The number of aromatic nitrogens is 1. The number of aryl methyl sites for hydroxylation is 1. The molecule has 0 spiro atoms. The molecule has 5 nitrogen and oxygen atoms in total. The zero-order chi connectivity index (χ0) is 15.9. The zero-order valence-corrected chi connectivity index (χ0v) is 12.9. The summed E-state index contributed by atoms with van der Waals surface area (Å²) in [4.78, 5) is 11.8. The van der Waals surface area contributed by atoms with Crippen molar-refractivity contribution in [3.63, 3.8) is 0 Å². The lowest BCUT2D eigenvalue weighted by Crippen LogP contribution is -2.08. The van der Waals surface area contributed by atoms with E-state index in [9.17, 15) is 13.4 Å². The molecule has 22 heavy (non-hydrogen) atoms. The summed E-state index contributed by atoms with van der Waals surface area (Å²) in [5, 5.41) is -0.0104. The number of hydrogen-bond donors (Lipinski definition) is 1. The van der Waals surface area contributed by atoms with Gasteiger partial charge in [0.1, 0.15) is 16.8 Å². The van der Waals surface area contributed by atoms with Crippen LogP contribution in [0.1, 0.15) is 0 Å². The Bertz CT molecular complexity index is 951. The van der Waals surface area contributed by atoms with E-state index in [1.807, 2.05) is 0 Å². The average Bonchev–Trinajstić information content (AvgIpc) is 2.77. The van der Waals surface area contributed by atoms with Gasteiger partial charge in [0.25, 0.3) is 0 Å². The first kappa shape index (κ1) is 14.8. The highest BCUT2D eigenvalue weighted by atomic mass is 35.5. The minimum Gasteiger partial charge on any atom is -0.408 e. The Labute approximate surface area is 131 Å². The highest BCUT2D eigenvalue weighted by Gasteiger charge is 2.11. The molecular formula is C14H10ClFN2O3S. The second-order valence-electron chi connectivity index (χ2n) is 4.56. The molecule has 1 atom stereocenters. The number of rotatable bonds is 3. The van der Waals surface area contributed by atoms with Crippen LogP contribution >= 0.6 is 11.6 Å². The number of halogens is 2. The molecule has 0 radical (unpaired) electrons. The lowest BCUT2D eigenvalue weighted by Gasteiger charge is -2.06. The number of fused-ring (bicyclic) bond motifs is 1. The molecule has 0 aliphatic carbocycles. The summed E-state index contributed by atoms with van der Waals surface area (Å²) in [6.45, 7) is 0. The van der Waals surface area contributed by atoms with Crippen LogP contribution in [-0.4, -0.2) is 8.78 Å². The molecule has 0 fully saturated rings. The van der Waals surface area contributed by atoms with Gasteiger partial charge in [0.2, 0.25) is 0 Å². The summed E-state index contributed by atoms with van der Waals surface area (Å²) in [5.41, 5.74) is 1.26. The van der Waals surface area contributed by atoms with Gasteiger partial charge in [-0.2, -0.15) is 0 Å². The van der Waals surface area contributed by atoms with Crippen molar-refractivity contribution < 1.29 is 13.0 Å². The first-order valence-corrected chi connectivity index (χ1v) is 7.71. The average molecular weight is 341 g/mol. The van der Waals surface area contributed by atoms with Crippen molar-refractivity contribution in [2.24, 2.45) is 7.05 Å². The topological polar surface area (TPSA) is 64.2 Å². The van der Waals surface area contributed by atoms with E-state index in [2.05, 4.69) is 4.72 Å². The van der Waals surface area contributed by atoms with Crippen molar-refractivity contribution >= 4 is 39.4 Å². The highest BCUT2D eigenvalue weighted by molar-refractivity contribution is 7.86. The second-order valence-corrected chi connectivity index (χ2v) is 6.18. The van der Waals surface area contributed by atoms with Gasteiger partial charge in [-0.05, 0) is 30.3 Å². The number of hydrogen-bond acceptors (Lipinski definition) is 3. The first-order valence-electron chi connectivity index (χ1n) is 6.19. The van der Waals surface area contributed by atoms with Gasteiger partial charge in [-0.15, -0.1) is 0 Å². The zero-order valence-electron chi connectivity index (χ0n) is 11.3. The Morgan fingerprint density at radius 2 is 2.05 bits per heavy atom. The van der Waals surface area contributed by atoms with E-state index in [0.717, 1.165) is 6.07 Å². The van der Waals surface area contributed by atoms with Crippen molar-refractivity contribution in [3.05, 3.63) is 57.8 Å². The quantitative estimate of drug-likeness (QED) is 0.797. The summed E-state index contributed by atoms with van der Waals surface area (Å²) in [7, 11) is -0.0508. The normalized spacial score (nSPS) is 12.5. The van der Waals surface area contributed by atoms with Gasteiger partial charge in [-0.3, -0.25) is 4.57 Å². The highest BCUT2D eigenvalue weighted by Crippen LogP contribution is 2.21. The van der Waals surface area contributed by atoms with Crippen molar-refractivity contribution in [2.75, 3.05) is 4.72 Å². The molecule has 3 rings (SSSR count). The van der Waals surface area contributed by atoms with Gasteiger partial charge in [-0.25, -0.2) is 13.4 Å². The fourth-order valence-electron chi connectivity index (χ4n) is 1.96. The number of benzene rings is 2. The Balaban J connectivity index is 1.91. The van der Waals surface area contributed by atoms with E-state index in [1.54, 1.807) is 19.2 Å². The molecule has 1 unspecified atom stereocenters. The predicted octanol–water partition coefficient (Wildman–Crippen LogP) is 3.06. The summed E-state index contributed by atoms with van der Waals surface area (Å²) in [6, 6.07) is 8.79. The van der Waals surface area contributed by atoms with Crippen LogP contribution in [0.2, 0.25) is 5.02 Å². The van der Waals surface area contributed by atoms with Crippen molar-refractivity contribution in [3.8, 4) is 0 Å². The van der Waals surface area contributed by atoms with Gasteiger partial charge < -0.3 is 9.14 Å². The van der Waals surface area contributed by atoms with Crippen LogP contribution in [0.5, 0.6) is 0 Å². The van der Waals surface area contributed by atoms with E-state index >= 15 is 0 Å². The standard InChI is InChI=1S/C14H10ClFN2O3S/c1-18-12-5-3-9(7-13(12)21-14(18)19)22(20)17-8-2-4-10(15)11(16)6-8/h2-7,17H,1H3. The molecule has 0 saturated carbocycles. The predicted molar refractivity (Wildman–Crippen MR) is 82.9 cm³/mol. The molecule has 8 heteroatoms. The molecule has 0 bridgehead atoms. The maximum absolute atomic E-state index is 13.4. The van der Waals surface area contributed by atoms with E-state index in [0.29, 0.717) is 21.7 Å². The van der Waals surface area contributed by atoms with E-state index in [1.165, 1.54) is 22.8 Å². The summed E-state index contributed by atoms with van der Waals surface area (Å²) >= 11 is 5.59. The Hall–Kier alpha value is -2.12. The Morgan fingerprint density at radius 3 is 2.77 bits per heavy atom. The van der Waals surface area contributed by atoms with Crippen LogP contribution in [0, 0.1) is 5.82 Å². The fraction of sp³-hybridized carbons (Fsp3) is 0.0714. The van der Waals surface area contributed by atoms with Crippen molar-refractivity contribution in [1.29, 1.82) is 0 Å². The third kappa shape index (κ3) is 2.65. The molecule has 1 N–H and O–H groups in total. The lowest BCUT2D eigenvalue weighted by atomic mass is 10.3. The van der Waals surface area contributed by atoms with Gasteiger partial charge >= 0.3 is 5.76 Å². The largest absolute Gasteiger partial charge is 0.419 e. The van der Waals surface area contributed by atoms with Gasteiger partial charge in [0, 0.05) is 18.8 Å². The monoisotopic (exact) mass is 340 g/mol. The van der Waals surface area contributed by atoms with Crippen molar-refractivity contribution in [2.45, 2.75) is 4.90 Å². The van der Waals surface area contributed by atoms with Crippen LogP contribution in [0.25, 0.3) is 11.1 Å². The number of nitrogens with one attached hydrogen (secondary N) is 1. The summed E-state index contributed by atoms with van der Waals surface area (Å²) in [5.74, 6) is -1.10. The molecular weight excluding hydrogens is 331 g/mol. The van der Waals surface area contributed by atoms with Crippen LogP contribution in [0.3, 0.4) is 0 Å². The third-order valence-corrected chi connectivity index (χ3v) is 4.52. The van der Waals surface area contributed by atoms with Crippen LogP contribution in [0.4, 0.5) is 10.1 Å². The van der Waals surface area contributed by atoms with E-state index in [-0.39, 0.29) is 5.02 Å². The molecule has 1 heterocycles. The molecule has 2 aromatic carbocycles. The van der Waals surface area contributed by atoms with Crippen LogP contribution in [0.15, 0.2) is 50.5 Å². The van der Waals surface area contributed by atoms with Crippen LogP contribution < -0.4 is 10.5 Å². The number of anilines is 1. The summed E-state index contributed by atoms with van der Waals surface area (Å²) < 4.78 is 34.7. The van der Waals surface area contributed by atoms with Crippen LogP contribution in [-0.2, 0) is 18.0 Å². The fourth-order valence-corrected chi connectivity index (χ4v) is 2.94. The minimum atomic E-state index is -1.63. The smallest absolute Gasteiger partial charge is 0.408 e. The number of nitrogens with zero attached hydrogens (tertiary/aromatic N) is 1. The Kier molecular flexibility index (Phi) is 3.76. The molecule has 0 saturated heterocycles. The first-order chi connectivity index (χ1) is 10.5.